The van der Waals surface area contributed by atoms with Crippen LogP contribution in [-0.2, 0) is 14.3 Å². The maximum absolute atomic E-state index is 11.7. The fraction of sp³-hybridized carbons (Fsp3) is 0.778. The van der Waals surface area contributed by atoms with Crippen molar-refractivity contribution in [3.8, 4) is 0 Å². The largest absolute Gasteiger partial charge is 0.377 e. The molecule has 1 heterocycles. The van der Waals surface area contributed by atoms with Gasteiger partial charge in [0.15, 0.2) is 0 Å². The molecule has 86 valence electrons. The van der Waals surface area contributed by atoms with Crippen LogP contribution in [0.4, 0.5) is 0 Å². The Morgan fingerprint density at radius 2 is 2.27 bits per heavy atom. The second-order valence-corrected chi connectivity index (χ2v) is 3.76. The van der Waals surface area contributed by atoms with E-state index in [1.165, 1.54) is 4.90 Å². The number of nitrogens with zero attached hydrogens (tertiary/aromatic N) is 1. The molecule has 0 saturated carbocycles. The molecule has 0 aromatic carbocycles. The van der Waals surface area contributed by atoms with Gasteiger partial charge in [-0.15, -0.1) is 0 Å². The fourth-order valence-corrected chi connectivity index (χ4v) is 1.53. The van der Waals surface area contributed by atoms with Crippen LogP contribution in [-0.4, -0.2) is 48.6 Å². The number of ether oxygens (including phenoxy) is 1. The van der Waals surface area contributed by atoms with Gasteiger partial charge in [-0.05, 0) is 6.92 Å². The highest BCUT2D eigenvalue weighted by Gasteiger charge is 2.31. The third-order valence-electron chi connectivity index (χ3n) is 2.27. The lowest BCUT2D eigenvalue weighted by atomic mass is 10.1. The van der Waals surface area contributed by atoms with Crippen LogP contribution in [0.1, 0.15) is 13.3 Å². The van der Waals surface area contributed by atoms with Gasteiger partial charge in [0.25, 0.3) is 0 Å². The SMILES string of the molecule is CC(N)CC(=O)N1CCOCC1C(N)=O. The Hall–Kier alpha value is -1.14. The first kappa shape index (κ1) is 11.9. The molecule has 0 aliphatic carbocycles. The molecule has 1 aliphatic heterocycles. The molecule has 15 heavy (non-hydrogen) atoms. The molecule has 0 radical (unpaired) electrons. The quantitative estimate of drug-likeness (QED) is 0.594. The summed E-state index contributed by atoms with van der Waals surface area (Å²) in [6.45, 7) is 2.77. The molecule has 4 N–H and O–H groups in total. The summed E-state index contributed by atoms with van der Waals surface area (Å²) in [5, 5.41) is 0. The van der Waals surface area contributed by atoms with Crippen molar-refractivity contribution in [2.75, 3.05) is 19.8 Å². The van der Waals surface area contributed by atoms with E-state index < -0.39 is 11.9 Å². The van der Waals surface area contributed by atoms with E-state index in [1.54, 1.807) is 6.92 Å². The molecule has 0 aromatic heterocycles. The van der Waals surface area contributed by atoms with Crippen molar-refractivity contribution in [2.45, 2.75) is 25.4 Å². The summed E-state index contributed by atoms with van der Waals surface area (Å²) in [5.74, 6) is -0.676. The number of rotatable bonds is 3. The minimum Gasteiger partial charge on any atom is -0.377 e. The van der Waals surface area contributed by atoms with Crippen molar-refractivity contribution in [1.82, 2.24) is 4.90 Å². The number of morpholine rings is 1. The lowest BCUT2D eigenvalue weighted by molar-refractivity contribution is -0.147. The zero-order chi connectivity index (χ0) is 11.4. The molecule has 0 aromatic rings. The van der Waals surface area contributed by atoms with Crippen molar-refractivity contribution in [1.29, 1.82) is 0 Å². The molecule has 0 spiro atoms. The van der Waals surface area contributed by atoms with Crippen molar-refractivity contribution < 1.29 is 14.3 Å². The first-order chi connectivity index (χ1) is 7.02. The van der Waals surface area contributed by atoms with Crippen molar-refractivity contribution in [2.24, 2.45) is 11.5 Å². The van der Waals surface area contributed by atoms with Gasteiger partial charge in [0.2, 0.25) is 11.8 Å². The number of hydrogen-bond donors (Lipinski definition) is 2. The molecule has 6 heteroatoms. The second-order valence-electron chi connectivity index (χ2n) is 3.76. The molecule has 1 rings (SSSR count). The van der Waals surface area contributed by atoms with Crippen LogP contribution in [0.5, 0.6) is 0 Å². The summed E-state index contributed by atoms with van der Waals surface area (Å²) >= 11 is 0. The Balaban J connectivity index is 2.63. The van der Waals surface area contributed by atoms with E-state index in [-0.39, 0.29) is 25.0 Å². The van der Waals surface area contributed by atoms with Gasteiger partial charge in [-0.25, -0.2) is 0 Å². The maximum atomic E-state index is 11.7. The van der Waals surface area contributed by atoms with E-state index in [2.05, 4.69) is 0 Å². The normalized spacial score (nSPS) is 23.6. The van der Waals surface area contributed by atoms with Crippen molar-refractivity contribution in [3.63, 3.8) is 0 Å². The molecule has 1 aliphatic rings. The van der Waals surface area contributed by atoms with E-state index in [1.807, 2.05) is 0 Å². The van der Waals surface area contributed by atoms with Gasteiger partial charge in [-0.2, -0.15) is 0 Å². The highest BCUT2D eigenvalue weighted by Crippen LogP contribution is 2.09. The first-order valence-corrected chi connectivity index (χ1v) is 4.94. The van der Waals surface area contributed by atoms with Gasteiger partial charge >= 0.3 is 0 Å². The molecule has 1 fully saturated rings. The number of nitrogens with two attached hydrogens (primary N) is 2. The molecule has 2 atom stereocenters. The molecule has 0 bridgehead atoms. The summed E-state index contributed by atoms with van der Waals surface area (Å²) in [4.78, 5) is 24.2. The minimum atomic E-state index is -0.648. The van der Waals surface area contributed by atoms with Crippen LogP contribution in [0.2, 0.25) is 0 Å². The van der Waals surface area contributed by atoms with E-state index in [9.17, 15) is 9.59 Å². The Bertz CT molecular complexity index is 255. The average molecular weight is 215 g/mol. The predicted molar refractivity (Wildman–Crippen MR) is 53.8 cm³/mol. The van der Waals surface area contributed by atoms with Gasteiger partial charge < -0.3 is 21.1 Å². The van der Waals surface area contributed by atoms with Crippen LogP contribution < -0.4 is 11.5 Å². The summed E-state index contributed by atoms with van der Waals surface area (Å²) < 4.78 is 5.10. The number of hydrogen-bond acceptors (Lipinski definition) is 4. The summed E-state index contributed by atoms with van der Waals surface area (Å²) in [6, 6.07) is -0.862. The highest BCUT2D eigenvalue weighted by atomic mass is 16.5. The van der Waals surface area contributed by atoms with Crippen molar-refractivity contribution in [3.05, 3.63) is 0 Å². The summed E-state index contributed by atoms with van der Waals surface area (Å²) in [6.07, 6.45) is 0.226. The van der Waals surface area contributed by atoms with Gasteiger partial charge in [-0.3, -0.25) is 9.59 Å². The third kappa shape index (κ3) is 3.17. The average Bonchev–Trinajstić information content (AvgIpc) is 2.16. The molecule has 1 saturated heterocycles. The zero-order valence-electron chi connectivity index (χ0n) is 8.81. The Labute approximate surface area is 88.5 Å². The lowest BCUT2D eigenvalue weighted by Gasteiger charge is -2.33. The van der Waals surface area contributed by atoms with Crippen LogP contribution >= 0.6 is 0 Å². The Morgan fingerprint density at radius 3 is 2.80 bits per heavy atom. The van der Waals surface area contributed by atoms with E-state index in [4.69, 9.17) is 16.2 Å². The number of amides is 2. The van der Waals surface area contributed by atoms with Crippen LogP contribution in [0, 0.1) is 0 Å². The van der Waals surface area contributed by atoms with Crippen molar-refractivity contribution >= 4 is 11.8 Å². The highest BCUT2D eigenvalue weighted by molar-refractivity contribution is 5.87. The third-order valence-corrected chi connectivity index (χ3v) is 2.27. The topological polar surface area (TPSA) is 98.7 Å². The van der Waals surface area contributed by atoms with Crippen LogP contribution in [0.3, 0.4) is 0 Å². The molecule has 2 unspecified atom stereocenters. The van der Waals surface area contributed by atoms with Gasteiger partial charge in [0.1, 0.15) is 6.04 Å². The maximum Gasteiger partial charge on any atom is 0.242 e. The molecule has 6 nitrogen and oxygen atoms in total. The predicted octanol–water partition coefficient (Wildman–Crippen LogP) is -1.56. The van der Waals surface area contributed by atoms with E-state index >= 15 is 0 Å². The van der Waals surface area contributed by atoms with E-state index in [0.717, 1.165) is 0 Å². The minimum absolute atomic E-state index is 0.142. The standard InChI is InChI=1S/C9H17N3O3/c1-6(10)4-8(13)12-2-3-15-5-7(12)9(11)14/h6-7H,2-5,10H2,1H3,(H2,11,14). The zero-order valence-corrected chi connectivity index (χ0v) is 8.81. The monoisotopic (exact) mass is 215 g/mol. The van der Waals surface area contributed by atoms with Gasteiger partial charge in [0.05, 0.1) is 13.2 Å². The first-order valence-electron chi connectivity index (χ1n) is 4.94. The second kappa shape index (κ2) is 5.09. The smallest absolute Gasteiger partial charge is 0.242 e. The van der Waals surface area contributed by atoms with Gasteiger partial charge in [-0.1, -0.05) is 0 Å². The number of carbonyl (C=O) groups excluding carboxylic acids is 2. The van der Waals surface area contributed by atoms with Gasteiger partial charge in [0, 0.05) is 19.0 Å². The van der Waals surface area contributed by atoms with E-state index in [0.29, 0.717) is 13.2 Å². The Morgan fingerprint density at radius 1 is 1.60 bits per heavy atom. The number of primary amides is 1. The number of carbonyl (C=O) groups is 2. The molecule has 2 amide bonds. The summed E-state index contributed by atoms with van der Waals surface area (Å²) in [7, 11) is 0. The lowest BCUT2D eigenvalue weighted by Crippen LogP contribution is -2.55. The van der Waals surface area contributed by atoms with Crippen LogP contribution in [0.15, 0.2) is 0 Å². The molecular formula is C9H17N3O3. The fourth-order valence-electron chi connectivity index (χ4n) is 1.53. The summed E-state index contributed by atoms with van der Waals surface area (Å²) in [5.41, 5.74) is 10.7. The Kier molecular flexibility index (Phi) is 4.05. The molecular weight excluding hydrogens is 198 g/mol. The van der Waals surface area contributed by atoms with Crippen LogP contribution in [0.25, 0.3) is 0 Å².